The number of nitrogens with two attached hydrogens (primary N) is 1. The Kier molecular flexibility index (Phi) is 9.35. The first-order valence-electron chi connectivity index (χ1n) is 8.29. The molecule has 0 radical (unpaired) electrons. The summed E-state index contributed by atoms with van der Waals surface area (Å²) in [5.74, 6) is 0. The molecule has 0 aromatic heterocycles. The molecule has 20 heavy (non-hydrogen) atoms. The maximum Gasteiger partial charge on any atom is 0.0237 e. The number of benzene rings is 1. The van der Waals surface area contributed by atoms with Gasteiger partial charge in [-0.25, -0.2) is 0 Å². The molecule has 0 fully saturated rings. The van der Waals surface area contributed by atoms with Crippen molar-refractivity contribution in [1.29, 1.82) is 0 Å². The molecule has 1 atom stereocenters. The first-order valence-corrected chi connectivity index (χ1v) is 8.29. The number of rotatable bonds is 11. The molecule has 0 amide bonds. The van der Waals surface area contributed by atoms with Crippen LogP contribution in [0.3, 0.4) is 0 Å². The van der Waals surface area contributed by atoms with Crippen LogP contribution in [0.4, 0.5) is 0 Å². The van der Waals surface area contributed by atoms with Gasteiger partial charge < -0.3 is 5.73 Å². The van der Waals surface area contributed by atoms with E-state index in [1.165, 1.54) is 44.1 Å². The van der Waals surface area contributed by atoms with Crippen LogP contribution in [0, 0.1) is 0 Å². The van der Waals surface area contributed by atoms with Crippen molar-refractivity contribution in [2.45, 2.75) is 65.0 Å². The van der Waals surface area contributed by atoms with Crippen LogP contribution in [0.2, 0.25) is 0 Å². The van der Waals surface area contributed by atoms with Crippen LogP contribution in [0.5, 0.6) is 0 Å². The van der Waals surface area contributed by atoms with Crippen LogP contribution in [0.1, 0.15) is 57.9 Å². The van der Waals surface area contributed by atoms with E-state index >= 15 is 0 Å². The van der Waals surface area contributed by atoms with Crippen LogP contribution in [0.15, 0.2) is 30.3 Å². The van der Waals surface area contributed by atoms with Crippen LogP contribution in [-0.2, 0) is 6.54 Å². The molecule has 2 nitrogen and oxygen atoms in total. The van der Waals surface area contributed by atoms with Gasteiger partial charge in [-0.2, -0.15) is 0 Å². The minimum Gasteiger partial charge on any atom is -0.329 e. The summed E-state index contributed by atoms with van der Waals surface area (Å²) in [5, 5.41) is 0. The van der Waals surface area contributed by atoms with E-state index in [-0.39, 0.29) is 0 Å². The molecule has 0 saturated heterocycles. The fourth-order valence-electron chi connectivity index (χ4n) is 2.75. The van der Waals surface area contributed by atoms with E-state index in [1.807, 2.05) is 0 Å². The maximum atomic E-state index is 6.00. The van der Waals surface area contributed by atoms with Crippen LogP contribution in [0.25, 0.3) is 0 Å². The van der Waals surface area contributed by atoms with E-state index in [0.29, 0.717) is 6.04 Å². The quantitative estimate of drug-likeness (QED) is 0.614. The fraction of sp³-hybridized carbons (Fsp3) is 0.667. The van der Waals surface area contributed by atoms with E-state index in [2.05, 4.69) is 49.1 Å². The molecule has 1 unspecified atom stereocenters. The number of likely N-dealkylation sites (N-methyl/N-ethyl adjacent to an activating group) is 1. The average molecular weight is 276 g/mol. The summed E-state index contributed by atoms with van der Waals surface area (Å²) >= 11 is 0. The Balaban J connectivity index is 2.39. The van der Waals surface area contributed by atoms with Gasteiger partial charge in [0.1, 0.15) is 0 Å². The van der Waals surface area contributed by atoms with Crippen molar-refractivity contribution < 1.29 is 0 Å². The molecular weight excluding hydrogens is 244 g/mol. The molecule has 2 heteroatoms. The molecule has 0 bridgehead atoms. The first kappa shape index (κ1) is 17.2. The Hall–Kier alpha value is -0.860. The summed E-state index contributed by atoms with van der Waals surface area (Å²) in [6, 6.07) is 11.3. The molecule has 1 aromatic carbocycles. The van der Waals surface area contributed by atoms with Gasteiger partial charge >= 0.3 is 0 Å². The standard InChI is InChI=1S/C18H32N2/c1-3-5-6-7-11-14-18(15-19)20(4-2)16-17-12-9-8-10-13-17/h8-10,12-13,18H,3-7,11,14-16,19H2,1-2H3. The molecule has 2 N–H and O–H groups in total. The summed E-state index contributed by atoms with van der Waals surface area (Å²) in [6.45, 7) is 7.37. The molecule has 0 saturated carbocycles. The van der Waals surface area contributed by atoms with Crippen molar-refractivity contribution in [3.05, 3.63) is 35.9 Å². The molecule has 0 aliphatic carbocycles. The first-order chi connectivity index (χ1) is 9.81. The van der Waals surface area contributed by atoms with Gasteiger partial charge in [-0.15, -0.1) is 0 Å². The molecule has 0 spiro atoms. The third-order valence-electron chi connectivity index (χ3n) is 4.06. The molecular formula is C18H32N2. The van der Waals surface area contributed by atoms with Gasteiger partial charge in [-0.05, 0) is 18.5 Å². The van der Waals surface area contributed by atoms with E-state index in [4.69, 9.17) is 5.73 Å². The van der Waals surface area contributed by atoms with E-state index in [0.717, 1.165) is 19.6 Å². The lowest BCUT2D eigenvalue weighted by Gasteiger charge is -2.30. The van der Waals surface area contributed by atoms with Gasteiger partial charge in [0.2, 0.25) is 0 Å². The highest BCUT2D eigenvalue weighted by atomic mass is 15.2. The van der Waals surface area contributed by atoms with Gasteiger partial charge in [-0.3, -0.25) is 4.90 Å². The van der Waals surface area contributed by atoms with E-state index in [9.17, 15) is 0 Å². The molecule has 0 aliphatic rings. The normalized spacial score (nSPS) is 12.8. The lowest BCUT2D eigenvalue weighted by atomic mass is 10.0. The Morgan fingerprint density at radius 2 is 1.70 bits per heavy atom. The zero-order valence-corrected chi connectivity index (χ0v) is 13.4. The van der Waals surface area contributed by atoms with Crippen molar-refractivity contribution in [2.75, 3.05) is 13.1 Å². The van der Waals surface area contributed by atoms with Gasteiger partial charge in [-0.1, -0.05) is 76.3 Å². The van der Waals surface area contributed by atoms with Crippen molar-refractivity contribution in [3.63, 3.8) is 0 Å². The van der Waals surface area contributed by atoms with E-state index < -0.39 is 0 Å². The second-order valence-electron chi connectivity index (χ2n) is 5.64. The minimum absolute atomic E-state index is 0.529. The number of nitrogens with zero attached hydrogens (tertiary/aromatic N) is 1. The van der Waals surface area contributed by atoms with Crippen molar-refractivity contribution in [1.82, 2.24) is 4.90 Å². The Morgan fingerprint density at radius 1 is 1.00 bits per heavy atom. The highest BCUT2D eigenvalue weighted by molar-refractivity contribution is 5.14. The zero-order valence-electron chi connectivity index (χ0n) is 13.4. The van der Waals surface area contributed by atoms with Crippen LogP contribution < -0.4 is 5.73 Å². The maximum absolute atomic E-state index is 6.00. The predicted molar refractivity (Wildman–Crippen MR) is 88.7 cm³/mol. The van der Waals surface area contributed by atoms with Crippen molar-refractivity contribution >= 4 is 0 Å². The van der Waals surface area contributed by atoms with E-state index in [1.54, 1.807) is 0 Å². The van der Waals surface area contributed by atoms with Crippen molar-refractivity contribution in [3.8, 4) is 0 Å². The second kappa shape index (κ2) is 10.9. The molecule has 114 valence electrons. The summed E-state index contributed by atoms with van der Waals surface area (Å²) in [5.41, 5.74) is 7.39. The summed E-state index contributed by atoms with van der Waals surface area (Å²) in [6.07, 6.45) is 7.96. The number of unbranched alkanes of at least 4 members (excludes halogenated alkanes) is 4. The van der Waals surface area contributed by atoms with Gasteiger partial charge in [0.15, 0.2) is 0 Å². The predicted octanol–water partition coefficient (Wildman–Crippen LogP) is 4.20. The Labute approximate surface area is 125 Å². The third-order valence-corrected chi connectivity index (χ3v) is 4.06. The largest absolute Gasteiger partial charge is 0.329 e. The fourth-order valence-corrected chi connectivity index (χ4v) is 2.75. The monoisotopic (exact) mass is 276 g/mol. The average Bonchev–Trinajstić information content (AvgIpc) is 2.50. The SMILES string of the molecule is CCCCCCCC(CN)N(CC)Cc1ccccc1. The Bertz CT molecular complexity index is 323. The minimum atomic E-state index is 0.529. The van der Waals surface area contributed by atoms with Gasteiger partial charge in [0.05, 0.1) is 0 Å². The van der Waals surface area contributed by atoms with Crippen molar-refractivity contribution in [2.24, 2.45) is 5.73 Å². The van der Waals surface area contributed by atoms with Crippen LogP contribution in [-0.4, -0.2) is 24.0 Å². The summed E-state index contributed by atoms with van der Waals surface area (Å²) in [4.78, 5) is 2.52. The van der Waals surface area contributed by atoms with Crippen LogP contribution >= 0.6 is 0 Å². The Morgan fingerprint density at radius 3 is 2.30 bits per heavy atom. The third kappa shape index (κ3) is 6.53. The molecule has 1 rings (SSSR count). The lowest BCUT2D eigenvalue weighted by Crippen LogP contribution is -2.40. The summed E-state index contributed by atoms with van der Waals surface area (Å²) < 4.78 is 0. The second-order valence-corrected chi connectivity index (χ2v) is 5.64. The zero-order chi connectivity index (χ0) is 14.6. The molecule has 0 aliphatic heterocycles. The molecule has 0 heterocycles. The van der Waals surface area contributed by atoms with Gasteiger partial charge in [0, 0.05) is 19.1 Å². The highest BCUT2D eigenvalue weighted by Gasteiger charge is 2.15. The number of hydrogen-bond donors (Lipinski definition) is 1. The number of hydrogen-bond acceptors (Lipinski definition) is 2. The topological polar surface area (TPSA) is 29.3 Å². The summed E-state index contributed by atoms with van der Waals surface area (Å²) in [7, 11) is 0. The molecule has 1 aromatic rings. The highest BCUT2D eigenvalue weighted by Crippen LogP contribution is 2.14. The smallest absolute Gasteiger partial charge is 0.0237 e. The lowest BCUT2D eigenvalue weighted by molar-refractivity contribution is 0.188. The van der Waals surface area contributed by atoms with Gasteiger partial charge in [0.25, 0.3) is 0 Å².